The summed E-state index contributed by atoms with van der Waals surface area (Å²) in [4.78, 5) is 10.6. The van der Waals surface area contributed by atoms with Gasteiger partial charge < -0.3 is 4.74 Å². The largest absolute Gasteiger partial charge is 0.494 e. The van der Waals surface area contributed by atoms with Crippen molar-refractivity contribution in [2.75, 3.05) is 6.61 Å². The highest BCUT2D eigenvalue weighted by atomic mass is 35.5. The third-order valence-electron chi connectivity index (χ3n) is 1.52. The van der Waals surface area contributed by atoms with Gasteiger partial charge in [0.05, 0.1) is 6.61 Å². The Morgan fingerprint density at radius 2 is 1.93 bits per heavy atom. The minimum Gasteiger partial charge on any atom is -0.494 e. The highest BCUT2D eigenvalue weighted by Gasteiger charge is 2.17. The number of rotatable bonds is 3. The van der Waals surface area contributed by atoms with Crippen LogP contribution in [0.15, 0.2) is 12.1 Å². The van der Waals surface area contributed by atoms with Crippen molar-refractivity contribution in [2.45, 2.75) is 6.92 Å². The number of halogens is 3. The summed E-state index contributed by atoms with van der Waals surface area (Å²) in [5, 5.41) is -1.16. The molecule has 2 nitrogen and oxygen atoms in total. The predicted molar refractivity (Wildman–Crippen MR) is 47.7 cm³/mol. The maximum atomic E-state index is 13.1. The minimum absolute atomic E-state index is 0.0316. The summed E-state index contributed by atoms with van der Waals surface area (Å²) >= 11 is 4.98. The van der Waals surface area contributed by atoms with E-state index >= 15 is 0 Å². The molecule has 5 heteroatoms. The van der Waals surface area contributed by atoms with Gasteiger partial charge in [0.1, 0.15) is 22.9 Å². The van der Waals surface area contributed by atoms with E-state index in [2.05, 4.69) is 0 Å². The first-order chi connectivity index (χ1) is 6.56. The lowest BCUT2D eigenvalue weighted by molar-refractivity contribution is 0.107. The zero-order valence-corrected chi connectivity index (χ0v) is 8.07. The molecular formula is C9H7ClF2O2. The van der Waals surface area contributed by atoms with Crippen LogP contribution in [0.5, 0.6) is 5.75 Å². The second-order valence-electron chi connectivity index (χ2n) is 2.47. The molecule has 0 aliphatic heterocycles. The van der Waals surface area contributed by atoms with E-state index in [1.807, 2.05) is 0 Å². The average molecular weight is 221 g/mol. The molecule has 0 N–H and O–H groups in total. The molecule has 0 aromatic heterocycles. The first-order valence-corrected chi connectivity index (χ1v) is 4.25. The van der Waals surface area contributed by atoms with Gasteiger partial charge in [-0.25, -0.2) is 8.78 Å². The summed E-state index contributed by atoms with van der Waals surface area (Å²) in [5.41, 5.74) is -0.755. The summed E-state index contributed by atoms with van der Waals surface area (Å²) in [6, 6.07) is 1.84. The summed E-state index contributed by atoms with van der Waals surface area (Å²) < 4.78 is 31.0. The number of ether oxygens (including phenoxy) is 1. The number of carbonyl (C=O) groups excluding carboxylic acids is 1. The van der Waals surface area contributed by atoms with Crippen LogP contribution in [-0.2, 0) is 0 Å². The van der Waals surface area contributed by atoms with Gasteiger partial charge in [0.15, 0.2) is 0 Å². The third kappa shape index (κ3) is 2.20. The van der Waals surface area contributed by atoms with Gasteiger partial charge in [-0.1, -0.05) is 0 Å². The van der Waals surface area contributed by atoms with Gasteiger partial charge in [-0.15, -0.1) is 0 Å². The van der Waals surface area contributed by atoms with Crippen molar-refractivity contribution in [1.82, 2.24) is 0 Å². The normalized spacial score (nSPS) is 10.0. The number of carbonyl (C=O) groups is 1. The fourth-order valence-corrected chi connectivity index (χ4v) is 1.17. The second-order valence-corrected chi connectivity index (χ2v) is 2.81. The van der Waals surface area contributed by atoms with Gasteiger partial charge in [0, 0.05) is 12.1 Å². The van der Waals surface area contributed by atoms with Crippen molar-refractivity contribution in [1.29, 1.82) is 0 Å². The lowest BCUT2D eigenvalue weighted by Gasteiger charge is -2.05. The predicted octanol–water partition coefficient (Wildman–Crippen LogP) is 2.74. The molecule has 0 heterocycles. The Hall–Kier alpha value is -1.16. The summed E-state index contributed by atoms with van der Waals surface area (Å²) in [6.45, 7) is 1.96. The zero-order chi connectivity index (χ0) is 10.7. The first kappa shape index (κ1) is 10.9. The van der Waals surface area contributed by atoms with Crippen LogP contribution >= 0.6 is 11.6 Å². The van der Waals surface area contributed by atoms with Crippen LogP contribution in [0.2, 0.25) is 0 Å². The van der Waals surface area contributed by atoms with Gasteiger partial charge in [-0.2, -0.15) is 0 Å². The van der Waals surface area contributed by atoms with Crippen molar-refractivity contribution in [3.8, 4) is 5.75 Å². The Bertz CT molecular complexity index is 343. The highest BCUT2D eigenvalue weighted by Crippen LogP contribution is 2.21. The third-order valence-corrected chi connectivity index (χ3v) is 1.71. The van der Waals surface area contributed by atoms with Crippen LogP contribution in [0, 0.1) is 11.6 Å². The van der Waals surface area contributed by atoms with E-state index in [0.717, 1.165) is 12.1 Å². The minimum atomic E-state index is -1.16. The smallest absolute Gasteiger partial charge is 0.258 e. The van der Waals surface area contributed by atoms with E-state index in [4.69, 9.17) is 16.3 Å². The van der Waals surface area contributed by atoms with E-state index in [1.165, 1.54) is 0 Å². The molecule has 1 aromatic rings. The molecular weight excluding hydrogens is 214 g/mol. The van der Waals surface area contributed by atoms with Gasteiger partial charge in [0.25, 0.3) is 5.24 Å². The van der Waals surface area contributed by atoms with E-state index in [-0.39, 0.29) is 12.4 Å². The second kappa shape index (κ2) is 4.37. The van der Waals surface area contributed by atoms with E-state index in [1.54, 1.807) is 6.92 Å². The van der Waals surface area contributed by atoms with Crippen LogP contribution in [0.25, 0.3) is 0 Å². The fourth-order valence-electron chi connectivity index (χ4n) is 0.988. The molecule has 1 aromatic carbocycles. The van der Waals surface area contributed by atoms with Gasteiger partial charge in [-0.3, -0.25) is 4.79 Å². The van der Waals surface area contributed by atoms with Crippen LogP contribution in [-0.4, -0.2) is 11.8 Å². The van der Waals surface area contributed by atoms with Gasteiger partial charge in [0.2, 0.25) is 0 Å². The Kier molecular flexibility index (Phi) is 3.41. The SMILES string of the molecule is CCOc1cc(F)c(C(=O)Cl)c(F)c1. The molecule has 0 fully saturated rings. The van der Waals surface area contributed by atoms with Crippen molar-refractivity contribution in [3.63, 3.8) is 0 Å². The summed E-state index contributed by atoms with van der Waals surface area (Å²) in [7, 11) is 0. The maximum Gasteiger partial charge on any atom is 0.258 e. The zero-order valence-electron chi connectivity index (χ0n) is 7.31. The molecule has 76 valence electrons. The topological polar surface area (TPSA) is 26.3 Å². The van der Waals surface area contributed by atoms with Crippen LogP contribution < -0.4 is 4.74 Å². The molecule has 0 aliphatic carbocycles. The Labute approximate surface area is 84.4 Å². The Morgan fingerprint density at radius 3 is 2.29 bits per heavy atom. The Morgan fingerprint density at radius 1 is 1.43 bits per heavy atom. The molecule has 14 heavy (non-hydrogen) atoms. The van der Waals surface area contributed by atoms with E-state index in [0.29, 0.717) is 0 Å². The van der Waals surface area contributed by atoms with Crippen LogP contribution in [0.4, 0.5) is 8.78 Å². The van der Waals surface area contributed by atoms with Crippen LogP contribution in [0.3, 0.4) is 0 Å². The van der Waals surface area contributed by atoms with Crippen molar-refractivity contribution < 1.29 is 18.3 Å². The molecule has 0 saturated carbocycles. The molecule has 0 bridgehead atoms. The molecule has 0 saturated heterocycles. The molecule has 0 aliphatic rings. The first-order valence-electron chi connectivity index (χ1n) is 3.88. The highest BCUT2D eigenvalue weighted by molar-refractivity contribution is 6.67. The van der Waals surface area contributed by atoms with Crippen molar-refractivity contribution >= 4 is 16.8 Å². The number of benzene rings is 1. The molecule has 1 rings (SSSR count). The van der Waals surface area contributed by atoms with E-state index < -0.39 is 22.4 Å². The van der Waals surface area contributed by atoms with E-state index in [9.17, 15) is 13.6 Å². The molecule has 0 spiro atoms. The quantitative estimate of drug-likeness (QED) is 0.733. The number of hydrogen-bond donors (Lipinski definition) is 0. The monoisotopic (exact) mass is 220 g/mol. The van der Waals surface area contributed by atoms with Crippen molar-refractivity contribution in [2.24, 2.45) is 0 Å². The lowest BCUT2D eigenvalue weighted by atomic mass is 10.2. The molecule has 0 unspecified atom stereocenters. The summed E-state index contributed by atoms with van der Waals surface area (Å²) in [6.07, 6.45) is 0. The number of hydrogen-bond acceptors (Lipinski definition) is 2. The lowest BCUT2D eigenvalue weighted by Crippen LogP contribution is -2.01. The molecule has 0 radical (unpaired) electrons. The van der Waals surface area contributed by atoms with Gasteiger partial charge >= 0.3 is 0 Å². The fraction of sp³-hybridized carbons (Fsp3) is 0.222. The Balaban J connectivity index is 3.18. The molecule has 0 amide bonds. The standard InChI is InChI=1S/C9H7ClF2O2/c1-2-14-5-3-6(11)8(9(10)13)7(12)4-5/h3-4H,2H2,1H3. The maximum absolute atomic E-state index is 13.1. The average Bonchev–Trinajstić information content (AvgIpc) is 2.01. The van der Waals surface area contributed by atoms with Crippen LogP contribution in [0.1, 0.15) is 17.3 Å². The summed E-state index contributed by atoms with van der Waals surface area (Å²) in [5.74, 6) is -2.01. The van der Waals surface area contributed by atoms with Gasteiger partial charge in [-0.05, 0) is 18.5 Å². The van der Waals surface area contributed by atoms with Crippen molar-refractivity contribution in [3.05, 3.63) is 29.3 Å². The molecule has 0 atom stereocenters.